The van der Waals surface area contributed by atoms with Crippen LogP contribution >= 0.6 is 15.9 Å². The van der Waals surface area contributed by atoms with Crippen LogP contribution in [0.25, 0.3) is 0 Å². The summed E-state index contributed by atoms with van der Waals surface area (Å²) in [6.07, 6.45) is 4.01. The Morgan fingerprint density at radius 1 is 1.33 bits per heavy atom. The topological polar surface area (TPSA) is 21.3 Å². The summed E-state index contributed by atoms with van der Waals surface area (Å²) < 4.78 is 7.00. The van der Waals surface area contributed by atoms with Crippen molar-refractivity contribution in [2.45, 2.75) is 46.1 Å². The number of aryl methyl sites for hydroxylation is 1. The number of nitrogens with one attached hydrogen (secondary N) is 1. The number of rotatable bonds is 8. The van der Waals surface area contributed by atoms with Gasteiger partial charge in [0, 0.05) is 11.0 Å². The van der Waals surface area contributed by atoms with Gasteiger partial charge in [-0.05, 0) is 44.5 Å². The molecule has 3 heteroatoms. The molecular formula is C15H24BrNO. The summed E-state index contributed by atoms with van der Waals surface area (Å²) in [6.45, 7) is 8.38. The lowest BCUT2D eigenvalue weighted by Crippen LogP contribution is -2.29. The van der Waals surface area contributed by atoms with E-state index < -0.39 is 0 Å². The highest BCUT2D eigenvalue weighted by Crippen LogP contribution is 2.23. The molecule has 0 aliphatic carbocycles. The summed E-state index contributed by atoms with van der Waals surface area (Å²) in [6, 6.07) is 6.14. The maximum atomic E-state index is 5.94. The van der Waals surface area contributed by atoms with Crippen LogP contribution in [-0.2, 0) is 0 Å². The lowest BCUT2D eigenvalue weighted by atomic mass is 10.2. The zero-order valence-electron chi connectivity index (χ0n) is 11.6. The molecule has 1 aromatic carbocycles. The Kier molecular flexibility index (Phi) is 7.36. The van der Waals surface area contributed by atoms with Gasteiger partial charge < -0.3 is 10.1 Å². The van der Waals surface area contributed by atoms with E-state index in [0.717, 1.165) is 23.3 Å². The second kappa shape index (κ2) is 8.54. The standard InChI is InChI=1S/C15H24BrNO/c1-4-5-6-9-17-11-13(3)18-15-10-14(16)8-7-12(15)2/h7-8,10,13,17H,4-6,9,11H2,1-3H3. The van der Waals surface area contributed by atoms with Crippen LogP contribution in [0.2, 0.25) is 0 Å². The Balaban J connectivity index is 2.30. The van der Waals surface area contributed by atoms with E-state index in [-0.39, 0.29) is 6.10 Å². The smallest absolute Gasteiger partial charge is 0.123 e. The molecule has 1 atom stereocenters. The van der Waals surface area contributed by atoms with Crippen molar-refractivity contribution in [1.82, 2.24) is 5.32 Å². The maximum Gasteiger partial charge on any atom is 0.123 e. The molecule has 18 heavy (non-hydrogen) atoms. The fraction of sp³-hybridized carbons (Fsp3) is 0.600. The van der Waals surface area contributed by atoms with Gasteiger partial charge in [-0.15, -0.1) is 0 Å². The lowest BCUT2D eigenvalue weighted by molar-refractivity contribution is 0.215. The summed E-state index contributed by atoms with van der Waals surface area (Å²) in [4.78, 5) is 0. The molecule has 0 aromatic heterocycles. The highest BCUT2D eigenvalue weighted by atomic mass is 79.9. The monoisotopic (exact) mass is 313 g/mol. The molecule has 0 saturated carbocycles. The molecule has 0 bridgehead atoms. The number of benzene rings is 1. The van der Waals surface area contributed by atoms with Gasteiger partial charge in [0.1, 0.15) is 11.9 Å². The molecular weight excluding hydrogens is 290 g/mol. The zero-order valence-corrected chi connectivity index (χ0v) is 13.2. The van der Waals surface area contributed by atoms with E-state index in [1.165, 1.54) is 24.8 Å². The molecule has 0 aliphatic heterocycles. The lowest BCUT2D eigenvalue weighted by Gasteiger charge is -2.17. The van der Waals surface area contributed by atoms with Crippen LogP contribution < -0.4 is 10.1 Å². The van der Waals surface area contributed by atoms with Crippen molar-refractivity contribution < 1.29 is 4.74 Å². The van der Waals surface area contributed by atoms with Crippen molar-refractivity contribution in [3.63, 3.8) is 0 Å². The van der Waals surface area contributed by atoms with Crippen molar-refractivity contribution in [2.24, 2.45) is 0 Å². The van der Waals surface area contributed by atoms with Gasteiger partial charge in [0.25, 0.3) is 0 Å². The zero-order chi connectivity index (χ0) is 13.4. The summed E-state index contributed by atoms with van der Waals surface area (Å²) in [5.74, 6) is 0.965. The summed E-state index contributed by atoms with van der Waals surface area (Å²) >= 11 is 3.47. The second-order valence-corrected chi connectivity index (χ2v) is 5.67. The fourth-order valence-corrected chi connectivity index (χ4v) is 2.10. The minimum Gasteiger partial charge on any atom is -0.489 e. The largest absolute Gasteiger partial charge is 0.489 e. The Hall–Kier alpha value is -0.540. The van der Waals surface area contributed by atoms with Crippen LogP contribution in [0.1, 0.15) is 38.7 Å². The second-order valence-electron chi connectivity index (χ2n) is 4.75. The van der Waals surface area contributed by atoms with Crippen molar-refractivity contribution >= 4 is 15.9 Å². The van der Waals surface area contributed by atoms with Crippen LogP contribution in [0.3, 0.4) is 0 Å². The number of hydrogen-bond donors (Lipinski definition) is 1. The average molecular weight is 314 g/mol. The van der Waals surface area contributed by atoms with Gasteiger partial charge in [-0.25, -0.2) is 0 Å². The highest BCUT2D eigenvalue weighted by molar-refractivity contribution is 9.10. The van der Waals surface area contributed by atoms with Gasteiger partial charge in [0.15, 0.2) is 0 Å². The first-order valence-corrected chi connectivity index (χ1v) is 7.56. The normalized spacial score (nSPS) is 12.4. The molecule has 0 saturated heterocycles. The van der Waals surface area contributed by atoms with Gasteiger partial charge in [-0.1, -0.05) is 41.8 Å². The van der Waals surface area contributed by atoms with Gasteiger partial charge in [-0.3, -0.25) is 0 Å². The number of hydrogen-bond acceptors (Lipinski definition) is 2. The number of unbranched alkanes of at least 4 members (excludes halogenated alkanes) is 2. The fourth-order valence-electron chi connectivity index (χ4n) is 1.76. The van der Waals surface area contributed by atoms with Crippen molar-refractivity contribution in [3.05, 3.63) is 28.2 Å². The quantitative estimate of drug-likeness (QED) is 0.722. The Morgan fingerprint density at radius 2 is 2.11 bits per heavy atom. The number of ether oxygens (including phenoxy) is 1. The third-order valence-corrected chi connectivity index (χ3v) is 3.36. The molecule has 102 valence electrons. The number of halogens is 1. The van der Waals surface area contributed by atoms with Gasteiger partial charge in [-0.2, -0.15) is 0 Å². The SMILES string of the molecule is CCCCCNCC(C)Oc1cc(Br)ccc1C. The molecule has 0 radical (unpaired) electrons. The van der Waals surface area contributed by atoms with Crippen LogP contribution in [-0.4, -0.2) is 19.2 Å². The van der Waals surface area contributed by atoms with Crippen molar-refractivity contribution in [1.29, 1.82) is 0 Å². The van der Waals surface area contributed by atoms with Gasteiger partial charge in [0.2, 0.25) is 0 Å². The first-order valence-electron chi connectivity index (χ1n) is 6.77. The van der Waals surface area contributed by atoms with Gasteiger partial charge >= 0.3 is 0 Å². The predicted molar refractivity (Wildman–Crippen MR) is 81.4 cm³/mol. The van der Waals surface area contributed by atoms with E-state index in [2.05, 4.69) is 48.1 Å². The molecule has 1 unspecified atom stereocenters. The Morgan fingerprint density at radius 3 is 2.83 bits per heavy atom. The first-order chi connectivity index (χ1) is 8.63. The van der Waals surface area contributed by atoms with Crippen LogP contribution in [0, 0.1) is 6.92 Å². The first kappa shape index (κ1) is 15.5. The Labute approximate surface area is 119 Å². The van der Waals surface area contributed by atoms with Crippen LogP contribution in [0.15, 0.2) is 22.7 Å². The minimum absolute atomic E-state index is 0.194. The predicted octanol–water partition coefficient (Wildman–Crippen LogP) is 4.30. The van der Waals surface area contributed by atoms with E-state index in [9.17, 15) is 0 Å². The van der Waals surface area contributed by atoms with Crippen LogP contribution in [0.4, 0.5) is 0 Å². The highest BCUT2D eigenvalue weighted by Gasteiger charge is 2.06. The third-order valence-electron chi connectivity index (χ3n) is 2.87. The van der Waals surface area contributed by atoms with E-state index in [4.69, 9.17) is 4.74 Å². The molecule has 0 spiro atoms. The van der Waals surface area contributed by atoms with Crippen molar-refractivity contribution in [3.8, 4) is 5.75 Å². The average Bonchev–Trinajstić information content (AvgIpc) is 2.33. The van der Waals surface area contributed by atoms with E-state index in [1.807, 2.05) is 12.1 Å². The molecule has 2 nitrogen and oxygen atoms in total. The summed E-state index contributed by atoms with van der Waals surface area (Å²) in [5, 5.41) is 3.44. The van der Waals surface area contributed by atoms with Crippen LogP contribution in [0.5, 0.6) is 5.75 Å². The maximum absolute atomic E-state index is 5.94. The molecule has 1 N–H and O–H groups in total. The molecule has 1 aromatic rings. The summed E-state index contributed by atoms with van der Waals surface area (Å²) in [7, 11) is 0. The van der Waals surface area contributed by atoms with Crippen molar-refractivity contribution in [2.75, 3.05) is 13.1 Å². The molecule has 0 fully saturated rings. The Bertz CT molecular complexity index is 354. The molecule has 0 heterocycles. The molecule has 0 aliphatic rings. The van der Waals surface area contributed by atoms with Gasteiger partial charge in [0.05, 0.1) is 0 Å². The minimum atomic E-state index is 0.194. The third kappa shape index (κ3) is 5.87. The summed E-state index contributed by atoms with van der Waals surface area (Å²) in [5.41, 5.74) is 1.18. The van der Waals surface area contributed by atoms with E-state index in [0.29, 0.717) is 0 Å². The van der Waals surface area contributed by atoms with E-state index >= 15 is 0 Å². The molecule has 1 rings (SSSR count). The molecule has 0 amide bonds. The van der Waals surface area contributed by atoms with E-state index in [1.54, 1.807) is 0 Å².